The molecule has 1 heterocycles. The van der Waals surface area contributed by atoms with Gasteiger partial charge >= 0.3 is 0 Å². The lowest BCUT2D eigenvalue weighted by molar-refractivity contribution is 0.151. The van der Waals surface area contributed by atoms with Crippen LogP contribution in [0, 0.1) is 0 Å². The van der Waals surface area contributed by atoms with E-state index in [1.54, 1.807) is 6.07 Å². The van der Waals surface area contributed by atoms with Gasteiger partial charge in [-0.15, -0.1) is 0 Å². The van der Waals surface area contributed by atoms with E-state index in [0.29, 0.717) is 5.56 Å². The highest BCUT2D eigenvalue weighted by atomic mass is 19.3. The van der Waals surface area contributed by atoms with Gasteiger partial charge < -0.3 is 4.98 Å². The van der Waals surface area contributed by atoms with E-state index in [0.717, 1.165) is 0 Å². The molecule has 0 aliphatic heterocycles. The van der Waals surface area contributed by atoms with Crippen molar-refractivity contribution in [3.05, 3.63) is 52.4 Å². The molecule has 0 aliphatic rings. The molecule has 2 aromatic rings. The van der Waals surface area contributed by atoms with Gasteiger partial charge in [0.05, 0.1) is 0 Å². The summed E-state index contributed by atoms with van der Waals surface area (Å²) < 4.78 is 24.9. The van der Waals surface area contributed by atoms with E-state index in [9.17, 15) is 13.6 Å². The van der Waals surface area contributed by atoms with Crippen LogP contribution in [0.1, 0.15) is 12.0 Å². The van der Waals surface area contributed by atoms with Crippen LogP contribution in [-0.2, 0) is 0 Å². The molecule has 1 aromatic heterocycles. The fraction of sp³-hybridized carbons (Fsp3) is 0.0909. The molecule has 1 N–H and O–H groups in total. The number of aromatic nitrogens is 2. The van der Waals surface area contributed by atoms with Gasteiger partial charge in [-0.1, -0.05) is 18.2 Å². The molecular weight excluding hydrogens is 214 g/mol. The number of nitrogens with one attached hydrogen (secondary N) is 1. The number of hydrogen-bond donors (Lipinski definition) is 1. The first-order chi connectivity index (χ1) is 7.66. The Morgan fingerprint density at radius 3 is 2.75 bits per heavy atom. The van der Waals surface area contributed by atoms with Crippen molar-refractivity contribution in [2.45, 2.75) is 6.43 Å². The molecule has 0 amide bonds. The minimum absolute atomic E-state index is 0.0935. The van der Waals surface area contributed by atoms with Crippen molar-refractivity contribution in [2.24, 2.45) is 0 Å². The number of H-pyrrole nitrogens is 1. The van der Waals surface area contributed by atoms with Gasteiger partial charge in [-0.3, -0.25) is 4.79 Å². The summed E-state index contributed by atoms with van der Waals surface area (Å²) in [6, 6.07) is 7.02. The molecule has 82 valence electrons. The number of rotatable bonds is 2. The highest BCUT2D eigenvalue weighted by molar-refractivity contribution is 5.55. The Hall–Kier alpha value is -2.04. The van der Waals surface area contributed by atoms with Crippen molar-refractivity contribution in [3.8, 4) is 11.4 Å². The van der Waals surface area contributed by atoms with Crippen molar-refractivity contribution in [1.82, 2.24) is 9.97 Å². The maximum Gasteiger partial charge on any atom is 0.263 e. The van der Waals surface area contributed by atoms with E-state index in [4.69, 9.17) is 0 Å². The van der Waals surface area contributed by atoms with Crippen molar-refractivity contribution in [1.29, 1.82) is 0 Å². The Balaban J connectivity index is 2.48. The van der Waals surface area contributed by atoms with E-state index < -0.39 is 6.43 Å². The van der Waals surface area contributed by atoms with E-state index in [2.05, 4.69) is 9.97 Å². The highest BCUT2D eigenvalue weighted by Crippen LogP contribution is 2.22. The smallest absolute Gasteiger partial charge is 0.263 e. The Morgan fingerprint density at radius 1 is 1.25 bits per heavy atom. The lowest BCUT2D eigenvalue weighted by atomic mass is 10.1. The summed E-state index contributed by atoms with van der Waals surface area (Å²) in [5.74, 6) is 0.287. The molecule has 3 nitrogen and oxygen atoms in total. The van der Waals surface area contributed by atoms with Crippen molar-refractivity contribution < 1.29 is 8.78 Å². The topological polar surface area (TPSA) is 45.8 Å². The van der Waals surface area contributed by atoms with Gasteiger partial charge in [-0.2, -0.15) is 0 Å². The van der Waals surface area contributed by atoms with Gasteiger partial charge in [0.25, 0.3) is 12.0 Å². The molecule has 0 unspecified atom stereocenters. The zero-order chi connectivity index (χ0) is 11.5. The summed E-state index contributed by atoms with van der Waals surface area (Å²) in [6.07, 6.45) is -1.20. The summed E-state index contributed by atoms with van der Waals surface area (Å²) in [4.78, 5) is 17.4. The normalized spacial score (nSPS) is 10.7. The van der Waals surface area contributed by atoms with Crippen LogP contribution in [0.25, 0.3) is 11.4 Å². The maximum atomic E-state index is 12.4. The Labute approximate surface area is 89.8 Å². The predicted octanol–water partition coefficient (Wildman–Crippen LogP) is 2.37. The van der Waals surface area contributed by atoms with Gasteiger partial charge in [-0.25, -0.2) is 13.8 Å². The molecule has 1 aromatic carbocycles. The molecule has 0 fully saturated rings. The summed E-state index contributed by atoms with van der Waals surface area (Å²) in [5.41, 5.74) is 0.0620. The first-order valence-electron chi connectivity index (χ1n) is 4.60. The lowest BCUT2D eigenvalue weighted by Crippen LogP contribution is -2.05. The largest absolute Gasteiger partial charge is 0.307 e. The number of aromatic amines is 1. The highest BCUT2D eigenvalue weighted by Gasteiger charge is 2.08. The number of halogens is 2. The van der Waals surface area contributed by atoms with Crippen molar-refractivity contribution in [3.63, 3.8) is 0 Å². The number of alkyl halides is 2. The van der Waals surface area contributed by atoms with Crippen LogP contribution < -0.4 is 5.56 Å². The molecule has 0 aliphatic carbocycles. The first kappa shape index (κ1) is 10.5. The van der Waals surface area contributed by atoms with Gasteiger partial charge in [0.15, 0.2) is 0 Å². The molecule has 5 heteroatoms. The summed E-state index contributed by atoms with van der Waals surface area (Å²) in [5, 5.41) is 0. The molecule has 0 atom stereocenters. The van der Waals surface area contributed by atoms with Gasteiger partial charge in [0.2, 0.25) is 0 Å². The Morgan fingerprint density at radius 2 is 2.06 bits per heavy atom. The Kier molecular flexibility index (Phi) is 2.76. The summed E-state index contributed by atoms with van der Waals surface area (Å²) in [7, 11) is 0. The molecule has 0 radical (unpaired) electrons. The monoisotopic (exact) mass is 222 g/mol. The maximum absolute atomic E-state index is 12.4. The average Bonchev–Trinajstić information content (AvgIpc) is 2.29. The minimum Gasteiger partial charge on any atom is -0.307 e. The quantitative estimate of drug-likeness (QED) is 0.847. The van der Waals surface area contributed by atoms with E-state index in [-0.39, 0.29) is 16.9 Å². The number of hydrogen-bond acceptors (Lipinski definition) is 2. The standard InChI is InChI=1S/C11H8F2N2O/c12-10(13)7-2-1-3-8(6-7)11-14-5-4-9(16)15-11/h1-6,10H,(H,14,15,16). The summed E-state index contributed by atoms with van der Waals surface area (Å²) in [6.45, 7) is 0. The van der Waals surface area contributed by atoms with Crippen LogP contribution in [-0.4, -0.2) is 9.97 Å². The third-order valence-corrected chi connectivity index (χ3v) is 2.08. The summed E-state index contributed by atoms with van der Waals surface area (Å²) >= 11 is 0. The molecule has 0 spiro atoms. The van der Waals surface area contributed by atoms with Crippen LogP contribution in [0.5, 0.6) is 0 Å². The van der Waals surface area contributed by atoms with Crippen LogP contribution >= 0.6 is 0 Å². The third-order valence-electron chi connectivity index (χ3n) is 2.08. The second-order valence-electron chi connectivity index (χ2n) is 3.21. The zero-order valence-corrected chi connectivity index (χ0v) is 8.15. The molecular formula is C11H8F2N2O. The average molecular weight is 222 g/mol. The lowest BCUT2D eigenvalue weighted by Gasteiger charge is -2.03. The van der Waals surface area contributed by atoms with E-state index in [1.807, 2.05) is 0 Å². The van der Waals surface area contributed by atoms with E-state index >= 15 is 0 Å². The fourth-order valence-corrected chi connectivity index (χ4v) is 1.34. The molecule has 0 saturated heterocycles. The SMILES string of the molecule is O=c1ccnc(-c2cccc(C(F)F)c2)[nH]1. The van der Waals surface area contributed by atoms with Crippen LogP contribution in [0.2, 0.25) is 0 Å². The van der Waals surface area contributed by atoms with Crippen LogP contribution in [0.3, 0.4) is 0 Å². The molecule has 2 rings (SSSR count). The first-order valence-corrected chi connectivity index (χ1v) is 4.60. The molecule has 16 heavy (non-hydrogen) atoms. The second kappa shape index (κ2) is 4.22. The second-order valence-corrected chi connectivity index (χ2v) is 3.21. The van der Waals surface area contributed by atoms with Crippen LogP contribution in [0.4, 0.5) is 8.78 Å². The minimum atomic E-state index is -2.53. The van der Waals surface area contributed by atoms with Gasteiger partial charge in [-0.05, 0) is 6.07 Å². The van der Waals surface area contributed by atoms with Gasteiger partial charge in [0, 0.05) is 23.4 Å². The molecule has 0 bridgehead atoms. The van der Waals surface area contributed by atoms with E-state index in [1.165, 1.54) is 30.5 Å². The fourth-order valence-electron chi connectivity index (χ4n) is 1.34. The van der Waals surface area contributed by atoms with Gasteiger partial charge in [0.1, 0.15) is 5.82 Å². The van der Waals surface area contributed by atoms with Crippen molar-refractivity contribution >= 4 is 0 Å². The molecule has 0 saturated carbocycles. The predicted molar refractivity (Wildman–Crippen MR) is 55.3 cm³/mol. The number of benzene rings is 1. The number of nitrogens with zero attached hydrogens (tertiary/aromatic N) is 1. The Bertz CT molecular complexity index is 551. The van der Waals surface area contributed by atoms with Crippen LogP contribution in [0.15, 0.2) is 41.3 Å². The zero-order valence-electron chi connectivity index (χ0n) is 8.15. The van der Waals surface area contributed by atoms with Crippen molar-refractivity contribution in [2.75, 3.05) is 0 Å². The third kappa shape index (κ3) is 2.13.